The van der Waals surface area contributed by atoms with Crippen LogP contribution in [0.15, 0.2) is 48.8 Å². The van der Waals surface area contributed by atoms with Gasteiger partial charge in [-0.25, -0.2) is 9.97 Å². The lowest BCUT2D eigenvalue weighted by Crippen LogP contribution is -2.06. The molecule has 0 amide bonds. The number of nitrogens with zero attached hydrogens (tertiary/aromatic N) is 3. The Hall–Kier alpha value is -3.13. The SMILES string of the molecule is CC(C)CCNc1ncnc2ccc(-c3cccc(OCCC#N)c3)cc12. The van der Waals surface area contributed by atoms with Crippen LogP contribution in [0.5, 0.6) is 5.75 Å². The van der Waals surface area contributed by atoms with Crippen LogP contribution in [-0.2, 0) is 0 Å². The van der Waals surface area contributed by atoms with Crippen molar-refractivity contribution in [3.63, 3.8) is 0 Å². The van der Waals surface area contributed by atoms with Crippen LogP contribution in [0.4, 0.5) is 5.82 Å². The summed E-state index contributed by atoms with van der Waals surface area (Å²) in [6.07, 6.45) is 3.07. The van der Waals surface area contributed by atoms with E-state index in [2.05, 4.69) is 47.3 Å². The Kier molecular flexibility index (Phi) is 6.22. The minimum atomic E-state index is 0.378. The summed E-state index contributed by atoms with van der Waals surface area (Å²) in [5.74, 6) is 2.27. The maximum absolute atomic E-state index is 8.65. The van der Waals surface area contributed by atoms with Crippen molar-refractivity contribution in [1.29, 1.82) is 5.26 Å². The van der Waals surface area contributed by atoms with Crippen LogP contribution in [0.2, 0.25) is 0 Å². The highest BCUT2D eigenvalue weighted by Gasteiger charge is 2.07. The van der Waals surface area contributed by atoms with Crippen molar-refractivity contribution in [2.75, 3.05) is 18.5 Å². The van der Waals surface area contributed by atoms with Crippen LogP contribution in [0.25, 0.3) is 22.0 Å². The third-order valence-electron chi connectivity index (χ3n) is 4.30. The molecule has 3 rings (SSSR count). The van der Waals surface area contributed by atoms with E-state index >= 15 is 0 Å². The minimum Gasteiger partial charge on any atom is -0.493 e. The predicted molar refractivity (Wildman–Crippen MR) is 109 cm³/mol. The van der Waals surface area contributed by atoms with Gasteiger partial charge in [-0.1, -0.05) is 32.0 Å². The first-order valence-electron chi connectivity index (χ1n) is 9.26. The number of hydrogen-bond acceptors (Lipinski definition) is 5. The third-order valence-corrected chi connectivity index (χ3v) is 4.30. The number of fused-ring (bicyclic) bond motifs is 1. The van der Waals surface area contributed by atoms with Crippen LogP contribution in [0.1, 0.15) is 26.7 Å². The summed E-state index contributed by atoms with van der Waals surface area (Å²) in [5.41, 5.74) is 3.06. The fraction of sp³-hybridized carbons (Fsp3) is 0.318. The number of rotatable bonds is 8. The second-order valence-corrected chi connectivity index (χ2v) is 6.85. The number of benzene rings is 2. The van der Waals surface area contributed by atoms with Crippen molar-refractivity contribution < 1.29 is 4.74 Å². The van der Waals surface area contributed by atoms with Crippen molar-refractivity contribution in [3.8, 4) is 22.9 Å². The van der Waals surface area contributed by atoms with E-state index in [9.17, 15) is 0 Å². The molecule has 0 aliphatic rings. The molecule has 0 spiro atoms. The summed E-state index contributed by atoms with van der Waals surface area (Å²) in [6, 6.07) is 16.2. The van der Waals surface area contributed by atoms with Gasteiger partial charge < -0.3 is 10.1 Å². The molecule has 0 fully saturated rings. The van der Waals surface area contributed by atoms with Crippen LogP contribution in [0.3, 0.4) is 0 Å². The molecule has 1 N–H and O–H groups in total. The fourth-order valence-corrected chi connectivity index (χ4v) is 2.84. The molecule has 0 atom stereocenters. The first kappa shape index (κ1) is 18.7. The molecule has 5 nitrogen and oxygen atoms in total. The minimum absolute atomic E-state index is 0.378. The molecular formula is C22H24N4O. The molecule has 0 aliphatic heterocycles. The van der Waals surface area contributed by atoms with E-state index in [4.69, 9.17) is 10.00 Å². The van der Waals surface area contributed by atoms with E-state index in [1.807, 2.05) is 30.3 Å². The number of nitriles is 1. The van der Waals surface area contributed by atoms with Crippen LogP contribution in [0, 0.1) is 17.2 Å². The fourth-order valence-electron chi connectivity index (χ4n) is 2.84. The predicted octanol–water partition coefficient (Wildman–Crippen LogP) is 5.05. The highest BCUT2D eigenvalue weighted by atomic mass is 16.5. The molecular weight excluding hydrogens is 336 g/mol. The highest BCUT2D eigenvalue weighted by Crippen LogP contribution is 2.29. The Labute approximate surface area is 160 Å². The number of ether oxygens (including phenoxy) is 1. The highest BCUT2D eigenvalue weighted by molar-refractivity contribution is 5.92. The van der Waals surface area contributed by atoms with E-state index in [0.29, 0.717) is 18.9 Å². The molecule has 0 saturated carbocycles. The second-order valence-electron chi connectivity index (χ2n) is 6.85. The molecule has 3 aromatic rings. The Morgan fingerprint density at radius 3 is 2.78 bits per heavy atom. The van der Waals surface area contributed by atoms with E-state index in [1.165, 1.54) is 0 Å². The van der Waals surface area contributed by atoms with Gasteiger partial charge in [0.2, 0.25) is 0 Å². The van der Waals surface area contributed by atoms with Crippen LogP contribution in [-0.4, -0.2) is 23.1 Å². The van der Waals surface area contributed by atoms with Gasteiger partial charge >= 0.3 is 0 Å². The van der Waals surface area contributed by atoms with Gasteiger partial charge in [0.25, 0.3) is 0 Å². The second kappa shape index (κ2) is 9.00. The summed E-state index contributed by atoms with van der Waals surface area (Å²) < 4.78 is 5.64. The molecule has 0 unspecified atom stereocenters. The lowest BCUT2D eigenvalue weighted by Gasteiger charge is -2.11. The first-order valence-corrected chi connectivity index (χ1v) is 9.26. The van der Waals surface area contributed by atoms with Gasteiger partial charge in [-0.3, -0.25) is 0 Å². The molecule has 1 heterocycles. The zero-order valence-corrected chi connectivity index (χ0v) is 15.8. The molecule has 5 heteroatoms. The molecule has 138 valence electrons. The quantitative estimate of drug-likeness (QED) is 0.569. The smallest absolute Gasteiger partial charge is 0.137 e. The van der Waals surface area contributed by atoms with Crippen molar-refractivity contribution >= 4 is 16.7 Å². The summed E-state index contributed by atoms with van der Waals surface area (Å²) in [7, 11) is 0. The van der Waals surface area contributed by atoms with Gasteiger partial charge in [-0.2, -0.15) is 5.26 Å². The van der Waals surface area contributed by atoms with Crippen LogP contribution >= 0.6 is 0 Å². The normalized spacial score (nSPS) is 10.7. The number of aromatic nitrogens is 2. The summed E-state index contributed by atoms with van der Waals surface area (Å²) in [4.78, 5) is 8.81. The zero-order chi connectivity index (χ0) is 19.1. The van der Waals surface area contributed by atoms with Gasteiger partial charge in [0.15, 0.2) is 0 Å². The molecule has 1 aromatic heterocycles. The van der Waals surface area contributed by atoms with Crippen LogP contribution < -0.4 is 10.1 Å². The molecule has 27 heavy (non-hydrogen) atoms. The molecule has 0 radical (unpaired) electrons. The summed E-state index contributed by atoms with van der Waals surface area (Å²) in [6.45, 7) is 5.71. The lowest BCUT2D eigenvalue weighted by molar-refractivity contribution is 0.327. The van der Waals surface area contributed by atoms with E-state index < -0.39 is 0 Å². The van der Waals surface area contributed by atoms with Gasteiger partial charge in [-0.05, 0) is 47.7 Å². The average Bonchev–Trinajstić information content (AvgIpc) is 2.68. The average molecular weight is 360 g/mol. The molecule has 0 saturated heterocycles. The van der Waals surface area contributed by atoms with Crippen molar-refractivity contribution in [2.24, 2.45) is 5.92 Å². The maximum Gasteiger partial charge on any atom is 0.137 e. The number of anilines is 1. The standard InChI is InChI=1S/C22H24N4O/c1-16(2)9-11-24-22-20-14-18(7-8-21(20)25-15-26-22)17-5-3-6-19(13-17)27-12-4-10-23/h3,5-8,13-16H,4,9,11-12H2,1-2H3,(H,24,25,26). The zero-order valence-electron chi connectivity index (χ0n) is 15.8. The van der Waals surface area contributed by atoms with E-state index in [1.54, 1.807) is 6.33 Å². The van der Waals surface area contributed by atoms with Gasteiger partial charge in [0, 0.05) is 11.9 Å². The Balaban J connectivity index is 1.87. The first-order chi connectivity index (χ1) is 13.2. The maximum atomic E-state index is 8.65. The lowest BCUT2D eigenvalue weighted by atomic mass is 10.0. The largest absolute Gasteiger partial charge is 0.493 e. The Bertz CT molecular complexity index is 946. The number of hydrogen-bond donors (Lipinski definition) is 1. The Morgan fingerprint density at radius 1 is 1.11 bits per heavy atom. The molecule has 2 aromatic carbocycles. The third kappa shape index (κ3) is 4.95. The van der Waals surface area contributed by atoms with E-state index in [-0.39, 0.29) is 0 Å². The Morgan fingerprint density at radius 2 is 1.96 bits per heavy atom. The number of nitrogens with one attached hydrogen (secondary N) is 1. The van der Waals surface area contributed by atoms with Crippen molar-refractivity contribution in [1.82, 2.24) is 9.97 Å². The monoisotopic (exact) mass is 360 g/mol. The summed E-state index contributed by atoms with van der Waals surface area (Å²) >= 11 is 0. The van der Waals surface area contributed by atoms with Gasteiger partial charge in [0.05, 0.1) is 18.0 Å². The summed E-state index contributed by atoms with van der Waals surface area (Å²) in [5, 5.41) is 13.1. The van der Waals surface area contributed by atoms with Gasteiger partial charge in [-0.15, -0.1) is 0 Å². The van der Waals surface area contributed by atoms with Gasteiger partial charge in [0.1, 0.15) is 24.5 Å². The molecule has 0 aliphatic carbocycles. The van der Waals surface area contributed by atoms with Crippen molar-refractivity contribution in [3.05, 3.63) is 48.8 Å². The topological polar surface area (TPSA) is 70.8 Å². The molecule has 0 bridgehead atoms. The van der Waals surface area contributed by atoms with E-state index in [0.717, 1.165) is 46.6 Å². The van der Waals surface area contributed by atoms with Crippen molar-refractivity contribution in [2.45, 2.75) is 26.7 Å².